The third-order valence-electron chi connectivity index (χ3n) is 2.70. The molecule has 0 saturated heterocycles. The van der Waals surface area contributed by atoms with Crippen LogP contribution in [0.2, 0.25) is 0 Å². The van der Waals surface area contributed by atoms with Crippen molar-refractivity contribution < 1.29 is 9.90 Å². The van der Waals surface area contributed by atoms with Crippen LogP contribution in [0.1, 0.15) is 37.0 Å². The second-order valence-electron chi connectivity index (χ2n) is 5.29. The Labute approximate surface area is 121 Å². The predicted octanol–water partition coefficient (Wildman–Crippen LogP) is 1.98. The first-order chi connectivity index (χ1) is 8.79. The molecule has 0 fully saturated rings. The van der Waals surface area contributed by atoms with Gasteiger partial charge in [0.15, 0.2) is 5.69 Å². The summed E-state index contributed by atoms with van der Waals surface area (Å²) in [5, 5.41) is 13.5. The standard InChI is InChI=1S/C13H15N3O3.ClH/c1-13(2,3)10-7-9(12(18)19)16(15-10)8-4-5-14-11(17)6-8;/h4-7H,1-3H3,(H,14,17)(H,18,19);1H. The van der Waals surface area contributed by atoms with Crippen molar-refractivity contribution in [3.05, 3.63) is 46.1 Å². The van der Waals surface area contributed by atoms with E-state index in [-0.39, 0.29) is 29.1 Å². The molecule has 0 atom stereocenters. The number of rotatable bonds is 2. The Morgan fingerprint density at radius 3 is 2.50 bits per heavy atom. The minimum Gasteiger partial charge on any atom is -0.477 e. The Hall–Kier alpha value is -2.08. The largest absolute Gasteiger partial charge is 0.477 e. The summed E-state index contributed by atoms with van der Waals surface area (Å²) in [7, 11) is 0. The fourth-order valence-electron chi connectivity index (χ4n) is 1.66. The van der Waals surface area contributed by atoms with Crippen LogP contribution >= 0.6 is 12.4 Å². The van der Waals surface area contributed by atoms with Crippen molar-refractivity contribution in [2.75, 3.05) is 0 Å². The van der Waals surface area contributed by atoms with Crippen molar-refractivity contribution in [3.63, 3.8) is 0 Å². The van der Waals surface area contributed by atoms with Crippen LogP contribution in [0.3, 0.4) is 0 Å². The molecule has 108 valence electrons. The molecule has 0 aromatic carbocycles. The van der Waals surface area contributed by atoms with Gasteiger partial charge in [0.2, 0.25) is 5.56 Å². The molecule has 0 saturated carbocycles. The number of aromatic nitrogens is 3. The highest BCUT2D eigenvalue weighted by Crippen LogP contribution is 2.23. The second-order valence-corrected chi connectivity index (χ2v) is 5.29. The van der Waals surface area contributed by atoms with Crippen molar-refractivity contribution in [1.82, 2.24) is 14.8 Å². The van der Waals surface area contributed by atoms with E-state index in [9.17, 15) is 14.7 Å². The van der Waals surface area contributed by atoms with Crippen molar-refractivity contribution in [1.29, 1.82) is 0 Å². The van der Waals surface area contributed by atoms with E-state index in [0.717, 1.165) is 0 Å². The van der Waals surface area contributed by atoms with Crippen LogP contribution in [0.5, 0.6) is 0 Å². The van der Waals surface area contributed by atoms with Crippen LogP contribution in [0, 0.1) is 0 Å². The maximum atomic E-state index is 11.3. The van der Waals surface area contributed by atoms with Crippen molar-refractivity contribution in [2.24, 2.45) is 0 Å². The highest BCUT2D eigenvalue weighted by Gasteiger charge is 2.23. The first-order valence-electron chi connectivity index (χ1n) is 5.82. The van der Waals surface area contributed by atoms with Crippen molar-refractivity contribution in [2.45, 2.75) is 26.2 Å². The number of aromatic carboxylic acids is 1. The molecule has 0 aliphatic heterocycles. The minimum absolute atomic E-state index is 0. The molecule has 2 N–H and O–H groups in total. The fourth-order valence-corrected chi connectivity index (χ4v) is 1.66. The Morgan fingerprint density at radius 1 is 1.35 bits per heavy atom. The number of carboxylic acid groups (broad SMARTS) is 1. The smallest absolute Gasteiger partial charge is 0.354 e. The number of aromatic amines is 1. The molecule has 2 aromatic rings. The van der Waals surface area contributed by atoms with Gasteiger partial charge in [0, 0.05) is 17.7 Å². The van der Waals surface area contributed by atoms with Gasteiger partial charge < -0.3 is 10.1 Å². The maximum absolute atomic E-state index is 11.3. The molecular weight excluding hydrogens is 282 g/mol. The minimum atomic E-state index is -1.08. The van der Waals surface area contributed by atoms with Crippen molar-refractivity contribution >= 4 is 18.4 Å². The van der Waals surface area contributed by atoms with E-state index in [0.29, 0.717) is 11.4 Å². The third-order valence-corrected chi connectivity index (χ3v) is 2.70. The van der Waals surface area contributed by atoms with Crippen LogP contribution < -0.4 is 5.56 Å². The number of nitrogens with zero attached hydrogens (tertiary/aromatic N) is 2. The summed E-state index contributed by atoms with van der Waals surface area (Å²) in [4.78, 5) is 25.1. The lowest BCUT2D eigenvalue weighted by atomic mass is 9.92. The summed E-state index contributed by atoms with van der Waals surface area (Å²) >= 11 is 0. The molecular formula is C13H16ClN3O3. The van der Waals surface area contributed by atoms with E-state index in [4.69, 9.17) is 0 Å². The summed E-state index contributed by atoms with van der Waals surface area (Å²) in [6, 6.07) is 4.45. The maximum Gasteiger partial charge on any atom is 0.354 e. The molecule has 0 aliphatic carbocycles. The van der Waals surface area contributed by atoms with Gasteiger partial charge in [-0.2, -0.15) is 5.10 Å². The van der Waals surface area contributed by atoms with Gasteiger partial charge in [-0.05, 0) is 12.1 Å². The Kier molecular flexibility index (Phi) is 4.39. The fraction of sp³-hybridized carbons (Fsp3) is 0.308. The van der Waals surface area contributed by atoms with Gasteiger partial charge in [0.05, 0.1) is 11.4 Å². The first-order valence-corrected chi connectivity index (χ1v) is 5.82. The predicted molar refractivity (Wildman–Crippen MR) is 77.1 cm³/mol. The lowest BCUT2D eigenvalue weighted by Gasteiger charge is -2.14. The highest BCUT2D eigenvalue weighted by molar-refractivity contribution is 5.86. The molecule has 20 heavy (non-hydrogen) atoms. The van der Waals surface area contributed by atoms with Gasteiger partial charge in [0.1, 0.15) is 0 Å². The van der Waals surface area contributed by atoms with E-state index in [2.05, 4.69) is 10.1 Å². The summed E-state index contributed by atoms with van der Waals surface area (Å²) < 4.78 is 1.28. The second kappa shape index (κ2) is 5.50. The van der Waals surface area contributed by atoms with Gasteiger partial charge in [0.25, 0.3) is 0 Å². The van der Waals surface area contributed by atoms with Gasteiger partial charge in [-0.1, -0.05) is 20.8 Å². The zero-order valence-corrected chi connectivity index (χ0v) is 12.2. The van der Waals surface area contributed by atoms with Gasteiger partial charge in [-0.25, -0.2) is 9.48 Å². The van der Waals surface area contributed by atoms with Crippen molar-refractivity contribution in [3.8, 4) is 5.69 Å². The Balaban J connectivity index is 0.00000200. The molecule has 7 heteroatoms. The van der Waals surface area contributed by atoms with Crippen LogP contribution in [-0.2, 0) is 5.41 Å². The lowest BCUT2D eigenvalue weighted by Crippen LogP contribution is -2.14. The van der Waals surface area contributed by atoms with E-state index in [1.54, 1.807) is 6.07 Å². The highest BCUT2D eigenvalue weighted by atomic mass is 35.5. The van der Waals surface area contributed by atoms with E-state index in [1.165, 1.54) is 23.0 Å². The Bertz CT molecular complexity index is 683. The van der Waals surface area contributed by atoms with Crippen LogP contribution in [0.4, 0.5) is 0 Å². The summed E-state index contributed by atoms with van der Waals surface area (Å²) in [5.74, 6) is -1.08. The summed E-state index contributed by atoms with van der Waals surface area (Å²) in [6.07, 6.45) is 1.46. The topological polar surface area (TPSA) is 88.0 Å². The lowest BCUT2D eigenvalue weighted by molar-refractivity contribution is 0.0687. The molecule has 0 radical (unpaired) electrons. The SMILES string of the molecule is CC(C)(C)c1cc(C(=O)O)n(-c2cc[nH]c(=O)c2)n1.Cl. The molecule has 2 rings (SSSR count). The van der Waals surface area contributed by atoms with Gasteiger partial charge in [-0.15, -0.1) is 12.4 Å². The van der Waals surface area contributed by atoms with E-state index >= 15 is 0 Å². The monoisotopic (exact) mass is 297 g/mol. The number of halogens is 1. The number of hydrogen-bond donors (Lipinski definition) is 2. The zero-order valence-electron chi connectivity index (χ0n) is 11.4. The summed E-state index contributed by atoms with van der Waals surface area (Å²) in [5.41, 5.74) is 0.551. The van der Waals surface area contributed by atoms with E-state index in [1.807, 2.05) is 20.8 Å². The molecule has 2 aromatic heterocycles. The number of carbonyl (C=O) groups is 1. The number of pyridine rings is 1. The number of hydrogen-bond acceptors (Lipinski definition) is 3. The molecule has 0 spiro atoms. The van der Waals surface area contributed by atoms with Gasteiger partial charge in [-0.3, -0.25) is 4.79 Å². The molecule has 0 bridgehead atoms. The Morgan fingerprint density at radius 2 is 2.00 bits per heavy atom. The zero-order chi connectivity index (χ0) is 14.2. The molecule has 2 heterocycles. The third kappa shape index (κ3) is 3.08. The van der Waals surface area contributed by atoms with Crippen LogP contribution in [0.15, 0.2) is 29.2 Å². The molecule has 0 unspecified atom stereocenters. The number of nitrogens with one attached hydrogen (secondary N) is 1. The van der Waals surface area contributed by atoms with Crippen LogP contribution in [0.25, 0.3) is 5.69 Å². The average molecular weight is 298 g/mol. The van der Waals surface area contributed by atoms with Crippen LogP contribution in [-0.4, -0.2) is 25.8 Å². The average Bonchev–Trinajstić information content (AvgIpc) is 2.73. The summed E-state index contributed by atoms with van der Waals surface area (Å²) in [6.45, 7) is 5.84. The normalized spacial score (nSPS) is 10.9. The molecule has 0 amide bonds. The first kappa shape index (κ1) is 16.0. The quantitative estimate of drug-likeness (QED) is 0.887. The molecule has 0 aliphatic rings. The molecule has 6 nitrogen and oxygen atoms in total. The number of carboxylic acids is 1. The van der Waals surface area contributed by atoms with Gasteiger partial charge >= 0.3 is 5.97 Å². The van der Waals surface area contributed by atoms with E-state index < -0.39 is 5.97 Å². The number of H-pyrrole nitrogens is 1.